The van der Waals surface area contributed by atoms with Gasteiger partial charge in [-0.1, -0.05) is 127 Å². The van der Waals surface area contributed by atoms with Gasteiger partial charge >= 0.3 is 5.69 Å². The van der Waals surface area contributed by atoms with Crippen molar-refractivity contribution in [2.75, 3.05) is 13.1 Å². The molecule has 0 saturated heterocycles. The number of unbranched alkanes of at least 4 members (excludes halogenated alkanes) is 2. The monoisotopic (exact) mass is 664 g/mol. The van der Waals surface area contributed by atoms with Crippen molar-refractivity contribution in [3.63, 3.8) is 0 Å². The van der Waals surface area contributed by atoms with Gasteiger partial charge in [0.25, 0.3) is 0 Å². The summed E-state index contributed by atoms with van der Waals surface area (Å²) < 4.78 is 33.8. The van der Waals surface area contributed by atoms with Gasteiger partial charge < -0.3 is 0 Å². The molecule has 0 aliphatic carbocycles. The van der Waals surface area contributed by atoms with Gasteiger partial charge in [0.1, 0.15) is 10.7 Å². The molecule has 2 heterocycles. The minimum absolute atomic E-state index is 0.122. The summed E-state index contributed by atoms with van der Waals surface area (Å²) in [4.78, 5) is 22.4. The number of aromatic amines is 1. The number of rotatable bonds is 18. The summed E-state index contributed by atoms with van der Waals surface area (Å²) in [5, 5.41) is 0.550. The molecule has 46 heavy (non-hydrogen) atoms. The molecule has 2 unspecified atom stereocenters. The van der Waals surface area contributed by atoms with Crippen molar-refractivity contribution in [2.24, 2.45) is 11.8 Å². The Labute approximate surface area is 280 Å². The molecule has 4 aromatic rings. The van der Waals surface area contributed by atoms with Crippen LogP contribution < -0.4 is 5.69 Å². The molecule has 2 aromatic heterocycles. The van der Waals surface area contributed by atoms with Gasteiger partial charge in [-0.3, -0.25) is 4.98 Å². The molecular weight excluding hydrogens is 613 g/mol. The smallest absolute Gasteiger partial charge is 0.295 e. The van der Waals surface area contributed by atoms with Gasteiger partial charge in [0.05, 0.1) is 5.03 Å². The van der Waals surface area contributed by atoms with E-state index in [2.05, 4.69) is 51.7 Å². The summed E-state index contributed by atoms with van der Waals surface area (Å²) in [6, 6.07) is 17.8. The summed E-state index contributed by atoms with van der Waals surface area (Å²) in [5.74, 6) is 0.873. The van der Waals surface area contributed by atoms with E-state index in [1.807, 2.05) is 42.5 Å². The van der Waals surface area contributed by atoms with E-state index in [0.717, 1.165) is 68.2 Å². The van der Waals surface area contributed by atoms with Crippen LogP contribution in [0.5, 0.6) is 0 Å². The molecule has 2 aromatic carbocycles. The predicted octanol–water partition coefficient (Wildman–Crippen LogP) is 9.14. The molecule has 9 heteroatoms. The second-order valence-corrected chi connectivity index (χ2v) is 15.4. The van der Waals surface area contributed by atoms with E-state index in [-0.39, 0.29) is 22.4 Å². The molecule has 0 aliphatic heterocycles. The van der Waals surface area contributed by atoms with Crippen LogP contribution in [-0.2, 0) is 16.4 Å². The Morgan fingerprint density at radius 1 is 0.870 bits per heavy atom. The fraction of sp³-hybridized carbons (Fsp3) is 0.514. The second-order valence-electron chi connectivity index (χ2n) is 12.4. The van der Waals surface area contributed by atoms with E-state index in [1.165, 1.54) is 21.7 Å². The zero-order chi connectivity index (χ0) is 33.3. The van der Waals surface area contributed by atoms with Crippen LogP contribution in [0.1, 0.15) is 97.4 Å². The molecule has 0 aliphatic rings. The lowest BCUT2D eigenvalue weighted by molar-refractivity contribution is 0.270. The summed E-state index contributed by atoms with van der Waals surface area (Å²) in [6.45, 7) is 13.4. The van der Waals surface area contributed by atoms with Crippen molar-refractivity contribution in [2.45, 2.75) is 114 Å². The first-order valence-electron chi connectivity index (χ1n) is 17.2. The lowest BCUT2D eigenvalue weighted by Gasteiger charge is -2.30. The summed E-state index contributed by atoms with van der Waals surface area (Å²) in [6.07, 6.45) is 8.99. The molecule has 250 valence electrons. The molecule has 2 atom stereocenters. The highest BCUT2D eigenvalue weighted by molar-refractivity contribution is 7.99. The number of sulfonamides is 1. The van der Waals surface area contributed by atoms with Crippen molar-refractivity contribution < 1.29 is 8.42 Å². The van der Waals surface area contributed by atoms with Crippen molar-refractivity contribution in [3.8, 4) is 11.1 Å². The molecule has 0 radical (unpaired) electrons. The van der Waals surface area contributed by atoms with E-state index in [0.29, 0.717) is 29.5 Å². The van der Waals surface area contributed by atoms with Crippen LogP contribution in [0.4, 0.5) is 0 Å². The maximum Gasteiger partial charge on any atom is 0.333 e. The number of nitrogens with one attached hydrogen (secondary N) is 1. The maximum absolute atomic E-state index is 15.3. The summed E-state index contributed by atoms with van der Waals surface area (Å²) in [5.41, 5.74) is 2.27. The first-order chi connectivity index (χ1) is 22.2. The maximum atomic E-state index is 15.3. The number of hydrogen-bond donors (Lipinski definition) is 1. The van der Waals surface area contributed by atoms with Crippen LogP contribution in [0.3, 0.4) is 0 Å². The predicted molar refractivity (Wildman–Crippen MR) is 191 cm³/mol. The minimum Gasteiger partial charge on any atom is -0.295 e. The number of benzene rings is 2. The third kappa shape index (κ3) is 8.33. The number of aromatic nitrogens is 3. The van der Waals surface area contributed by atoms with E-state index in [9.17, 15) is 4.79 Å². The summed E-state index contributed by atoms with van der Waals surface area (Å²) in [7, 11) is -4.10. The first kappa shape index (κ1) is 36.0. The Kier molecular flexibility index (Phi) is 13.1. The van der Waals surface area contributed by atoms with Gasteiger partial charge in [-0.2, -0.15) is 4.31 Å². The van der Waals surface area contributed by atoms with Gasteiger partial charge in [0, 0.05) is 23.5 Å². The van der Waals surface area contributed by atoms with Crippen molar-refractivity contribution >= 4 is 27.4 Å². The molecule has 0 amide bonds. The van der Waals surface area contributed by atoms with Crippen LogP contribution in [0, 0.1) is 18.8 Å². The minimum atomic E-state index is -4.10. The zero-order valence-corrected chi connectivity index (χ0v) is 30.1. The summed E-state index contributed by atoms with van der Waals surface area (Å²) >= 11 is 1.41. The van der Waals surface area contributed by atoms with Gasteiger partial charge in [-0.25, -0.2) is 22.6 Å². The topological polar surface area (TPSA) is 87.5 Å². The van der Waals surface area contributed by atoms with E-state index < -0.39 is 15.7 Å². The molecule has 0 saturated carbocycles. The average Bonchev–Trinajstić information content (AvgIpc) is 3.39. The number of hydrogen-bond acceptors (Lipinski definition) is 5. The van der Waals surface area contributed by atoms with Crippen molar-refractivity contribution in [1.29, 1.82) is 0 Å². The molecule has 0 bridgehead atoms. The molecule has 7 nitrogen and oxygen atoms in total. The molecule has 1 N–H and O–H groups in total. The van der Waals surface area contributed by atoms with Crippen LogP contribution in [0.15, 0.2) is 74.2 Å². The Bertz CT molecular complexity index is 1700. The van der Waals surface area contributed by atoms with E-state index in [4.69, 9.17) is 4.98 Å². The van der Waals surface area contributed by atoms with Crippen LogP contribution in [0.25, 0.3) is 16.8 Å². The lowest BCUT2D eigenvalue weighted by Crippen LogP contribution is -2.39. The quantitative estimate of drug-likeness (QED) is 0.115. The number of aryl methyl sites for hydroxylation is 2. The van der Waals surface area contributed by atoms with Crippen LogP contribution in [-0.4, -0.2) is 40.2 Å². The Balaban J connectivity index is 2.01. The van der Waals surface area contributed by atoms with Crippen molar-refractivity contribution in [1.82, 2.24) is 18.7 Å². The van der Waals surface area contributed by atoms with Crippen molar-refractivity contribution in [3.05, 3.63) is 76.5 Å². The third-order valence-corrected chi connectivity index (χ3v) is 12.0. The highest BCUT2D eigenvalue weighted by Crippen LogP contribution is 2.44. The molecule has 0 spiro atoms. The van der Waals surface area contributed by atoms with Gasteiger partial charge in [0.2, 0.25) is 10.0 Å². The molecule has 4 rings (SSSR count). The van der Waals surface area contributed by atoms with Gasteiger partial charge in [0.15, 0.2) is 5.65 Å². The number of H-pyrrole nitrogens is 1. The number of fused-ring (bicyclic) bond motifs is 1. The van der Waals surface area contributed by atoms with Crippen LogP contribution in [0.2, 0.25) is 0 Å². The number of nitrogens with zero attached hydrogens (tertiary/aromatic N) is 3. The highest BCUT2D eigenvalue weighted by Gasteiger charge is 2.37. The first-order valence-corrected chi connectivity index (χ1v) is 19.4. The third-order valence-electron chi connectivity index (χ3n) is 9.04. The highest BCUT2D eigenvalue weighted by atomic mass is 32.2. The van der Waals surface area contributed by atoms with Gasteiger partial charge in [-0.05, 0) is 61.3 Å². The van der Waals surface area contributed by atoms with E-state index in [1.54, 1.807) is 11.2 Å². The Morgan fingerprint density at radius 2 is 1.46 bits per heavy atom. The molecular formula is C37H52N4O3S2. The van der Waals surface area contributed by atoms with E-state index >= 15 is 8.42 Å². The normalized spacial score (nSPS) is 13.5. The fourth-order valence-corrected chi connectivity index (χ4v) is 9.18. The zero-order valence-electron chi connectivity index (χ0n) is 28.5. The Hall–Kier alpha value is -2.88. The largest absolute Gasteiger partial charge is 0.333 e. The Morgan fingerprint density at radius 3 is 1.98 bits per heavy atom. The second kappa shape index (κ2) is 16.8. The fourth-order valence-electron chi connectivity index (χ4n) is 6.12. The molecule has 0 fully saturated rings. The van der Waals surface area contributed by atoms with Crippen LogP contribution >= 0.6 is 11.8 Å². The SMILES string of the molecule is CCCCC(CC)CN(CC(CC)CCCC)S(=O)(=O)c1c(-c2ccccc2)c(Sc2ccc(CC)cc2)n2c(=O)[nH]c(C)nc12. The van der Waals surface area contributed by atoms with Gasteiger partial charge in [-0.15, -0.1) is 0 Å². The average molecular weight is 665 g/mol. The standard InChI is InChI=1S/C37H52N4O3S2/c1-7-12-17-29(10-4)25-40(26-30(11-5)18-13-8-2)46(43,44)34-33(31-19-15-14-16-20-31)36(41-35(34)38-27(6)39-37(41)42)45-32-23-21-28(9-3)22-24-32/h14-16,19-24,29-30H,7-13,17-18,25-26H2,1-6H3,(H,38,39,42). The lowest BCUT2D eigenvalue weighted by atomic mass is 9.97.